The lowest BCUT2D eigenvalue weighted by molar-refractivity contribution is -0.347. The third-order valence-electron chi connectivity index (χ3n) is 6.50. The minimum absolute atomic E-state index is 0.607. The standard InChI is InChI=1S/C28H37Cl3N2O17/c1-10(34)33-19-22(45-15(6)39)20(43-13(4)37)17(8-41-11(2)35)47-25(19)49-24-23(46-16(7)40)21(44-14(5)38)18(9-42-12(3)36)48-26(24)50-27(32)28(29,30)31/h17-26,32H,8-9H2,1-7H3,(H,33,34)/t17-,18-,19+,20-,21-,22-,23+,24+,25+,26-/m1/s1. The lowest BCUT2D eigenvalue weighted by Crippen LogP contribution is -2.69. The van der Waals surface area contributed by atoms with Crippen LogP contribution in [0.25, 0.3) is 0 Å². The molecule has 2 saturated heterocycles. The molecule has 22 heteroatoms. The van der Waals surface area contributed by atoms with Crippen molar-refractivity contribution in [2.75, 3.05) is 13.2 Å². The smallest absolute Gasteiger partial charge is 0.303 e. The van der Waals surface area contributed by atoms with Crippen LogP contribution in [0.3, 0.4) is 0 Å². The largest absolute Gasteiger partial charge is 0.463 e. The van der Waals surface area contributed by atoms with E-state index in [2.05, 4.69) is 5.32 Å². The van der Waals surface area contributed by atoms with Gasteiger partial charge in [-0.3, -0.25) is 39.0 Å². The first-order chi connectivity index (χ1) is 23.1. The van der Waals surface area contributed by atoms with E-state index in [-0.39, 0.29) is 0 Å². The first-order valence-corrected chi connectivity index (χ1v) is 15.8. The van der Waals surface area contributed by atoms with Crippen molar-refractivity contribution in [3.05, 3.63) is 0 Å². The number of carbonyl (C=O) groups is 7. The molecular weight excluding hydrogens is 743 g/mol. The molecule has 0 unspecified atom stereocenters. The molecule has 50 heavy (non-hydrogen) atoms. The Labute approximate surface area is 300 Å². The normalized spacial score (nSPS) is 29.3. The van der Waals surface area contributed by atoms with Crippen LogP contribution < -0.4 is 5.32 Å². The van der Waals surface area contributed by atoms with Gasteiger partial charge in [-0.2, -0.15) is 0 Å². The zero-order valence-electron chi connectivity index (χ0n) is 27.8. The van der Waals surface area contributed by atoms with Crippen molar-refractivity contribution >= 4 is 82.4 Å². The van der Waals surface area contributed by atoms with Gasteiger partial charge >= 0.3 is 35.8 Å². The van der Waals surface area contributed by atoms with Crippen LogP contribution >= 0.6 is 34.8 Å². The van der Waals surface area contributed by atoms with E-state index in [0.29, 0.717) is 0 Å². The summed E-state index contributed by atoms with van der Waals surface area (Å²) < 4.78 is 53.0. The van der Waals surface area contributed by atoms with Crippen LogP contribution in [-0.2, 0) is 80.9 Å². The van der Waals surface area contributed by atoms with E-state index in [1.54, 1.807) is 0 Å². The van der Waals surface area contributed by atoms with Gasteiger partial charge in [-0.25, -0.2) is 0 Å². The number of rotatable bonds is 12. The fourth-order valence-electron chi connectivity index (χ4n) is 4.86. The maximum absolute atomic E-state index is 12.5. The first-order valence-electron chi connectivity index (χ1n) is 14.6. The summed E-state index contributed by atoms with van der Waals surface area (Å²) in [5.41, 5.74) is 0. The molecule has 0 aromatic heterocycles. The highest BCUT2D eigenvalue weighted by Gasteiger charge is 2.57. The molecule has 0 bridgehead atoms. The summed E-state index contributed by atoms with van der Waals surface area (Å²) in [5.74, 6) is -6.99. The van der Waals surface area contributed by atoms with E-state index in [1.807, 2.05) is 0 Å². The molecule has 282 valence electrons. The van der Waals surface area contributed by atoms with E-state index >= 15 is 0 Å². The number of esters is 6. The minimum atomic E-state index is -2.49. The summed E-state index contributed by atoms with van der Waals surface area (Å²) in [4.78, 5) is 85.0. The molecule has 0 aliphatic carbocycles. The molecule has 10 atom stereocenters. The van der Waals surface area contributed by atoms with Crippen LogP contribution in [0.4, 0.5) is 0 Å². The van der Waals surface area contributed by atoms with Gasteiger partial charge in [0, 0.05) is 48.5 Å². The number of ether oxygens (including phenoxy) is 10. The fourth-order valence-corrected chi connectivity index (χ4v) is 4.99. The second-order valence-electron chi connectivity index (χ2n) is 10.8. The summed E-state index contributed by atoms with van der Waals surface area (Å²) in [5, 5.41) is 10.7. The SMILES string of the molecule is CC(=O)N[C@@H]1[C@H](O[C@@H]2[C@@H](OC(=N)C(Cl)(Cl)Cl)O[C@H](COC(C)=O)[C@@H](OC(C)=O)[C@@H]2OC(C)=O)O[C@H](COC(C)=O)[C@@H](OC(C)=O)[C@@H]1OC(C)=O. The van der Waals surface area contributed by atoms with Gasteiger partial charge in [0.25, 0.3) is 3.79 Å². The average Bonchev–Trinajstić information content (AvgIpc) is 2.95. The lowest BCUT2D eigenvalue weighted by atomic mass is 9.95. The van der Waals surface area contributed by atoms with Crippen LogP contribution in [0.1, 0.15) is 48.5 Å². The predicted molar refractivity (Wildman–Crippen MR) is 164 cm³/mol. The van der Waals surface area contributed by atoms with Gasteiger partial charge in [-0.15, -0.1) is 0 Å². The molecule has 0 radical (unpaired) electrons. The van der Waals surface area contributed by atoms with Crippen molar-refractivity contribution in [3.63, 3.8) is 0 Å². The molecule has 0 saturated carbocycles. The van der Waals surface area contributed by atoms with E-state index in [1.165, 1.54) is 0 Å². The Hall–Kier alpha value is -3.49. The number of nitrogens with one attached hydrogen (secondary N) is 2. The summed E-state index contributed by atoms with van der Waals surface area (Å²) in [7, 11) is 0. The van der Waals surface area contributed by atoms with E-state index in [4.69, 9.17) is 87.6 Å². The first kappa shape index (κ1) is 42.7. The number of hydrogen-bond acceptors (Lipinski definition) is 18. The molecule has 2 aliphatic rings. The van der Waals surface area contributed by atoms with E-state index in [9.17, 15) is 33.6 Å². The Morgan fingerprint density at radius 3 is 1.38 bits per heavy atom. The van der Waals surface area contributed by atoms with Gasteiger partial charge in [0.1, 0.15) is 31.5 Å². The third-order valence-corrected chi connectivity index (χ3v) is 7.02. The molecule has 2 rings (SSSR count). The van der Waals surface area contributed by atoms with Crippen molar-refractivity contribution in [3.8, 4) is 0 Å². The second-order valence-corrected chi connectivity index (χ2v) is 13.0. The predicted octanol–water partition coefficient (Wildman–Crippen LogP) is 0.543. The highest BCUT2D eigenvalue weighted by atomic mass is 35.6. The monoisotopic (exact) mass is 778 g/mol. The van der Waals surface area contributed by atoms with Crippen molar-refractivity contribution in [2.24, 2.45) is 0 Å². The third kappa shape index (κ3) is 13.0. The zero-order chi connectivity index (χ0) is 38.1. The molecule has 2 aliphatic heterocycles. The molecule has 2 heterocycles. The molecule has 0 spiro atoms. The quantitative estimate of drug-likeness (QED) is 0.0902. The maximum Gasteiger partial charge on any atom is 0.303 e. The van der Waals surface area contributed by atoms with Crippen molar-refractivity contribution in [2.45, 2.75) is 114 Å². The van der Waals surface area contributed by atoms with Gasteiger partial charge in [0.05, 0.1) is 0 Å². The van der Waals surface area contributed by atoms with Gasteiger partial charge in [-0.1, -0.05) is 34.8 Å². The Morgan fingerprint density at radius 1 is 0.580 bits per heavy atom. The Bertz CT molecular complexity index is 1310. The Balaban J connectivity index is 2.79. The van der Waals surface area contributed by atoms with E-state index < -0.39 is 126 Å². The molecule has 2 fully saturated rings. The summed E-state index contributed by atoms with van der Waals surface area (Å²) in [6.45, 7) is 6.08. The lowest BCUT2D eigenvalue weighted by Gasteiger charge is -2.49. The van der Waals surface area contributed by atoms with Gasteiger partial charge in [0.15, 0.2) is 36.8 Å². The second kappa shape index (κ2) is 18.7. The number of carbonyl (C=O) groups excluding carboxylic acids is 7. The number of alkyl halides is 3. The fraction of sp³-hybridized carbons (Fsp3) is 0.714. The van der Waals surface area contributed by atoms with Crippen molar-refractivity contribution in [1.82, 2.24) is 5.32 Å². The number of amides is 1. The molecule has 19 nitrogen and oxygen atoms in total. The number of halogens is 3. The maximum atomic E-state index is 12.5. The summed E-state index contributed by atoms with van der Waals surface area (Å²) >= 11 is 17.5. The van der Waals surface area contributed by atoms with Gasteiger partial charge in [0.2, 0.25) is 18.1 Å². The summed E-state index contributed by atoms with van der Waals surface area (Å²) in [6, 6.07) is -1.55. The molecule has 2 N–H and O–H groups in total. The van der Waals surface area contributed by atoms with Crippen LogP contribution in [0.5, 0.6) is 0 Å². The Kier molecular flexibility index (Phi) is 15.9. The molecular formula is C28H37Cl3N2O17. The van der Waals surface area contributed by atoms with Gasteiger partial charge < -0.3 is 52.7 Å². The topological polar surface area (TPSA) is 248 Å². The molecule has 1 amide bonds. The van der Waals surface area contributed by atoms with Crippen LogP contribution in [0.15, 0.2) is 0 Å². The van der Waals surface area contributed by atoms with Crippen molar-refractivity contribution < 1.29 is 80.9 Å². The molecule has 0 aromatic carbocycles. The van der Waals surface area contributed by atoms with Gasteiger partial charge in [-0.05, 0) is 0 Å². The van der Waals surface area contributed by atoms with Crippen LogP contribution in [0, 0.1) is 5.41 Å². The number of hydrogen-bond donors (Lipinski definition) is 2. The van der Waals surface area contributed by atoms with Crippen LogP contribution in [0.2, 0.25) is 0 Å². The van der Waals surface area contributed by atoms with Crippen molar-refractivity contribution in [1.29, 1.82) is 5.41 Å². The molecule has 0 aromatic rings. The minimum Gasteiger partial charge on any atom is -0.463 e. The Morgan fingerprint density at radius 2 is 0.980 bits per heavy atom. The highest BCUT2D eigenvalue weighted by molar-refractivity contribution is 6.76. The zero-order valence-corrected chi connectivity index (χ0v) is 30.0. The van der Waals surface area contributed by atoms with E-state index in [0.717, 1.165) is 48.5 Å². The van der Waals surface area contributed by atoms with Crippen LogP contribution in [-0.4, -0.2) is 126 Å². The average molecular weight is 780 g/mol. The highest BCUT2D eigenvalue weighted by Crippen LogP contribution is 2.36. The summed E-state index contributed by atoms with van der Waals surface area (Å²) in [6.07, 6.45) is -15.0.